The molecule has 0 N–H and O–H groups in total. The average Bonchev–Trinajstić information content (AvgIpc) is 2.18. The number of rotatable bonds is 2. The van der Waals surface area contributed by atoms with Crippen molar-refractivity contribution in [2.75, 3.05) is 13.7 Å². The molecular weight excluding hydrogens is 219 g/mol. The summed E-state index contributed by atoms with van der Waals surface area (Å²) in [5, 5.41) is 0. The minimum Gasteiger partial charge on any atom is -1.00 e. The van der Waals surface area contributed by atoms with E-state index in [1.165, 1.54) is 9.45 Å². The standard InChI is InChI=1S/C7H9O.2ClH.Ti/c1-8-6-7-4-2-3-5-7;;;/h2,4H,3,6H2,1H3;2*1H;/q;;;+2/p-2. The molecule has 0 aliphatic heterocycles. The van der Waals surface area contributed by atoms with Gasteiger partial charge in [0.25, 0.3) is 0 Å². The molecule has 61 valence electrons. The molecule has 0 unspecified atom stereocenters. The van der Waals surface area contributed by atoms with Gasteiger partial charge >= 0.3 is 66.9 Å². The first-order chi connectivity index (χ1) is 4.34. The number of ether oxygens (including phenoxy) is 1. The van der Waals surface area contributed by atoms with Crippen molar-refractivity contribution in [3.05, 3.63) is 21.6 Å². The topological polar surface area (TPSA) is 9.23 Å². The quantitative estimate of drug-likeness (QED) is 0.432. The fourth-order valence-electron chi connectivity index (χ4n) is 0.841. The van der Waals surface area contributed by atoms with Gasteiger partial charge in [-0.05, 0) is 0 Å². The average molecular weight is 228 g/mol. The third-order valence-corrected chi connectivity index (χ3v) is 2.15. The second-order valence-electron chi connectivity index (χ2n) is 2.04. The molecule has 0 aromatic rings. The number of methoxy groups -OCH3 is 1. The van der Waals surface area contributed by atoms with Crippen LogP contribution < -0.4 is 24.8 Å². The largest absolute Gasteiger partial charge is 1.00 e. The fourth-order valence-corrected chi connectivity index (χ4v) is 1.27. The summed E-state index contributed by atoms with van der Waals surface area (Å²) in [4.78, 5) is 0. The number of hydrogen-bond donors (Lipinski definition) is 0. The van der Waals surface area contributed by atoms with Gasteiger partial charge in [0.05, 0.1) is 0 Å². The van der Waals surface area contributed by atoms with Crippen LogP contribution in [0.1, 0.15) is 6.42 Å². The molecule has 11 heavy (non-hydrogen) atoms. The predicted molar refractivity (Wildman–Crippen MR) is 32.7 cm³/mol. The molecule has 0 atom stereocenters. The van der Waals surface area contributed by atoms with Crippen LogP contribution >= 0.6 is 0 Å². The molecule has 4 heteroatoms. The van der Waals surface area contributed by atoms with Gasteiger partial charge in [-0.2, -0.15) is 0 Å². The van der Waals surface area contributed by atoms with Gasteiger partial charge in [-0.25, -0.2) is 0 Å². The number of halogens is 2. The predicted octanol–water partition coefficient (Wildman–Crippen LogP) is -4.60. The Morgan fingerprint density at radius 2 is 2.18 bits per heavy atom. The Kier molecular flexibility index (Phi) is 9.58. The molecule has 0 radical (unpaired) electrons. The van der Waals surface area contributed by atoms with E-state index in [-0.39, 0.29) is 24.8 Å². The van der Waals surface area contributed by atoms with Crippen LogP contribution in [0, 0.1) is 0 Å². The van der Waals surface area contributed by atoms with Crippen molar-refractivity contribution in [1.29, 1.82) is 0 Å². The van der Waals surface area contributed by atoms with E-state index in [4.69, 9.17) is 4.74 Å². The normalized spacial score (nSPS) is 14.5. The summed E-state index contributed by atoms with van der Waals surface area (Å²) in [6.45, 7) is 0.766. The maximum atomic E-state index is 4.99. The summed E-state index contributed by atoms with van der Waals surface area (Å²) in [6.07, 6.45) is 5.42. The third kappa shape index (κ3) is 4.34. The summed E-state index contributed by atoms with van der Waals surface area (Å²) in [5.74, 6) is 0. The van der Waals surface area contributed by atoms with Crippen molar-refractivity contribution in [1.82, 2.24) is 0 Å². The zero-order valence-corrected chi connectivity index (χ0v) is 9.31. The zero-order chi connectivity index (χ0) is 6.69. The van der Waals surface area contributed by atoms with Gasteiger partial charge < -0.3 is 24.8 Å². The first kappa shape index (κ1) is 14.3. The minimum absolute atomic E-state index is 0. The Morgan fingerprint density at radius 1 is 1.55 bits per heavy atom. The maximum absolute atomic E-state index is 4.99. The number of allylic oxidation sites excluding steroid dienone is 2. The monoisotopic (exact) mass is 227 g/mol. The van der Waals surface area contributed by atoms with E-state index in [2.05, 4.69) is 32.6 Å². The van der Waals surface area contributed by atoms with E-state index in [9.17, 15) is 0 Å². The summed E-state index contributed by atoms with van der Waals surface area (Å²) in [5.41, 5.74) is 1.34. The Morgan fingerprint density at radius 3 is 2.55 bits per heavy atom. The Labute approximate surface area is 91.5 Å². The first-order valence-electron chi connectivity index (χ1n) is 2.93. The fraction of sp³-hybridized carbons (Fsp3) is 0.429. The SMILES string of the molecule is COCC1=[C]([Ti+2])CC=C1.[Cl-].[Cl-]. The van der Waals surface area contributed by atoms with Crippen LogP contribution in [0.2, 0.25) is 0 Å². The van der Waals surface area contributed by atoms with Crippen LogP contribution in [0.3, 0.4) is 0 Å². The molecule has 1 aliphatic carbocycles. The Balaban J connectivity index is 0. The van der Waals surface area contributed by atoms with Crippen molar-refractivity contribution in [3.63, 3.8) is 0 Å². The van der Waals surface area contributed by atoms with Crippen molar-refractivity contribution >= 4 is 0 Å². The molecule has 0 aromatic heterocycles. The van der Waals surface area contributed by atoms with E-state index in [0.29, 0.717) is 0 Å². The van der Waals surface area contributed by atoms with Crippen LogP contribution in [-0.2, 0) is 25.2 Å². The van der Waals surface area contributed by atoms with Gasteiger partial charge in [-0.1, -0.05) is 0 Å². The molecule has 0 spiro atoms. The van der Waals surface area contributed by atoms with Crippen molar-refractivity contribution < 1.29 is 50.0 Å². The smallest absolute Gasteiger partial charge is 1.00 e. The van der Waals surface area contributed by atoms with E-state index in [1.807, 2.05) is 0 Å². The zero-order valence-electron chi connectivity index (χ0n) is 6.23. The van der Waals surface area contributed by atoms with E-state index in [1.54, 1.807) is 7.11 Å². The van der Waals surface area contributed by atoms with Crippen LogP contribution in [0.4, 0.5) is 0 Å². The van der Waals surface area contributed by atoms with Crippen LogP contribution in [0.15, 0.2) is 21.6 Å². The molecule has 1 rings (SSSR count). The van der Waals surface area contributed by atoms with Crippen molar-refractivity contribution in [3.8, 4) is 0 Å². The molecule has 0 fully saturated rings. The summed E-state index contributed by atoms with van der Waals surface area (Å²) >= 11 is 2.15. The van der Waals surface area contributed by atoms with Crippen molar-refractivity contribution in [2.45, 2.75) is 6.42 Å². The summed E-state index contributed by atoms with van der Waals surface area (Å²) in [7, 11) is 1.73. The van der Waals surface area contributed by atoms with Gasteiger partial charge in [0, 0.05) is 0 Å². The Hall–Kier alpha value is 0.734. The second-order valence-corrected chi connectivity index (χ2v) is 2.99. The van der Waals surface area contributed by atoms with Crippen LogP contribution in [-0.4, -0.2) is 13.7 Å². The summed E-state index contributed by atoms with van der Waals surface area (Å²) in [6, 6.07) is 0. The molecule has 0 aromatic carbocycles. The minimum atomic E-state index is 0. The third-order valence-electron chi connectivity index (χ3n) is 1.33. The molecule has 1 nitrogen and oxygen atoms in total. The van der Waals surface area contributed by atoms with Gasteiger partial charge in [0.15, 0.2) is 0 Å². The molecular formula is C7H9Cl2OTi. The number of hydrogen-bond acceptors (Lipinski definition) is 1. The summed E-state index contributed by atoms with van der Waals surface area (Å²) < 4.78 is 6.43. The van der Waals surface area contributed by atoms with E-state index < -0.39 is 0 Å². The van der Waals surface area contributed by atoms with E-state index in [0.717, 1.165) is 13.0 Å². The first-order valence-corrected chi connectivity index (χ1v) is 3.72. The van der Waals surface area contributed by atoms with Crippen LogP contribution in [0.25, 0.3) is 0 Å². The molecule has 0 amide bonds. The molecule has 0 heterocycles. The van der Waals surface area contributed by atoms with E-state index >= 15 is 0 Å². The molecule has 0 saturated heterocycles. The maximum Gasteiger partial charge on any atom is -1.00 e. The van der Waals surface area contributed by atoms with Crippen LogP contribution in [0.5, 0.6) is 0 Å². The molecule has 0 saturated carbocycles. The van der Waals surface area contributed by atoms with Gasteiger partial charge in [-0.15, -0.1) is 0 Å². The second kappa shape index (κ2) is 7.39. The van der Waals surface area contributed by atoms with Gasteiger partial charge in [0.2, 0.25) is 0 Å². The molecule has 1 aliphatic rings. The molecule has 0 bridgehead atoms. The van der Waals surface area contributed by atoms with Gasteiger partial charge in [0.1, 0.15) is 0 Å². The van der Waals surface area contributed by atoms with Gasteiger partial charge in [-0.3, -0.25) is 0 Å². The van der Waals surface area contributed by atoms with Crippen molar-refractivity contribution in [2.24, 2.45) is 0 Å². The Bertz CT molecular complexity index is 166.